The fourth-order valence-corrected chi connectivity index (χ4v) is 2.52. The first-order valence-corrected chi connectivity index (χ1v) is 8.02. The van der Waals surface area contributed by atoms with Crippen molar-refractivity contribution in [2.45, 2.75) is 18.4 Å². The molecule has 0 unspecified atom stereocenters. The number of alkyl halides is 2. The fourth-order valence-electron chi connectivity index (χ4n) is 1.73. The Labute approximate surface area is 132 Å². The molecule has 2 aromatic carbocycles. The number of sulfonamides is 1. The Morgan fingerprint density at radius 1 is 1.13 bits per heavy atom. The van der Waals surface area contributed by atoms with Crippen molar-refractivity contribution < 1.29 is 21.9 Å². The number of para-hydroxylation sites is 1. The van der Waals surface area contributed by atoms with Gasteiger partial charge in [-0.1, -0.05) is 29.8 Å². The molecular weight excluding hydrogens is 326 g/mol. The monoisotopic (exact) mass is 340 g/mol. The van der Waals surface area contributed by atoms with E-state index in [9.17, 15) is 17.2 Å². The molecule has 0 heterocycles. The average molecular weight is 340 g/mol. The van der Waals surface area contributed by atoms with E-state index in [4.69, 9.17) is 0 Å². The molecule has 0 fully saturated rings. The van der Waals surface area contributed by atoms with Crippen molar-refractivity contribution in [2.24, 2.45) is 5.10 Å². The third-order valence-electron chi connectivity index (χ3n) is 2.84. The van der Waals surface area contributed by atoms with Crippen LogP contribution < -0.4 is 9.57 Å². The average Bonchev–Trinajstić information content (AvgIpc) is 2.49. The SMILES string of the molecule is Cc1ccc(S(=O)(=O)N/N=C\c2ccccc2OC(F)F)cc1. The van der Waals surface area contributed by atoms with E-state index in [1.54, 1.807) is 18.2 Å². The number of nitrogens with zero attached hydrogens (tertiary/aromatic N) is 1. The van der Waals surface area contributed by atoms with Crippen LogP contribution in [-0.2, 0) is 10.0 Å². The highest BCUT2D eigenvalue weighted by atomic mass is 32.2. The van der Waals surface area contributed by atoms with E-state index in [0.717, 1.165) is 11.8 Å². The molecule has 0 aliphatic rings. The van der Waals surface area contributed by atoms with Crippen LogP contribution in [0.5, 0.6) is 5.75 Å². The van der Waals surface area contributed by atoms with Gasteiger partial charge in [0.05, 0.1) is 11.1 Å². The topological polar surface area (TPSA) is 67.8 Å². The molecule has 8 heteroatoms. The van der Waals surface area contributed by atoms with E-state index in [-0.39, 0.29) is 16.2 Å². The molecular formula is C15H14F2N2O3S. The number of nitrogens with one attached hydrogen (secondary N) is 1. The summed E-state index contributed by atoms with van der Waals surface area (Å²) in [5.41, 5.74) is 1.14. The first kappa shape index (κ1) is 16.9. The zero-order valence-corrected chi connectivity index (χ0v) is 12.9. The first-order valence-electron chi connectivity index (χ1n) is 6.54. The highest BCUT2D eigenvalue weighted by molar-refractivity contribution is 7.89. The van der Waals surface area contributed by atoms with E-state index in [1.807, 2.05) is 11.8 Å². The molecule has 0 saturated heterocycles. The third-order valence-corrected chi connectivity index (χ3v) is 4.08. The Morgan fingerprint density at radius 3 is 2.43 bits per heavy atom. The molecule has 0 aliphatic carbocycles. The van der Waals surface area contributed by atoms with Gasteiger partial charge in [-0.2, -0.15) is 22.3 Å². The van der Waals surface area contributed by atoms with Gasteiger partial charge in [0.25, 0.3) is 10.0 Å². The van der Waals surface area contributed by atoms with Crippen LogP contribution in [0.4, 0.5) is 8.78 Å². The quantitative estimate of drug-likeness (QED) is 0.649. The summed E-state index contributed by atoms with van der Waals surface area (Å²) in [5.74, 6) is -0.0965. The van der Waals surface area contributed by atoms with Gasteiger partial charge < -0.3 is 4.74 Å². The van der Waals surface area contributed by atoms with Crippen LogP contribution in [0.3, 0.4) is 0 Å². The third kappa shape index (κ3) is 4.75. The molecule has 0 aromatic heterocycles. The molecule has 0 bridgehead atoms. The van der Waals surface area contributed by atoms with Crippen LogP contribution in [0.2, 0.25) is 0 Å². The maximum absolute atomic E-state index is 12.3. The molecule has 2 aromatic rings. The summed E-state index contributed by atoms with van der Waals surface area (Å²) >= 11 is 0. The second kappa shape index (κ2) is 7.19. The summed E-state index contributed by atoms with van der Waals surface area (Å²) in [6.45, 7) is -1.14. The van der Waals surface area contributed by atoms with Gasteiger partial charge in [0, 0.05) is 5.56 Å². The summed E-state index contributed by atoms with van der Waals surface area (Å²) in [4.78, 5) is 2.08. The van der Waals surface area contributed by atoms with Gasteiger partial charge >= 0.3 is 6.61 Å². The van der Waals surface area contributed by atoms with Crippen LogP contribution in [0.25, 0.3) is 0 Å². The van der Waals surface area contributed by atoms with Crippen molar-refractivity contribution in [3.05, 3.63) is 59.7 Å². The molecule has 23 heavy (non-hydrogen) atoms. The number of halogens is 2. The van der Waals surface area contributed by atoms with Crippen LogP contribution >= 0.6 is 0 Å². The molecule has 2 rings (SSSR count). The lowest BCUT2D eigenvalue weighted by Gasteiger charge is -2.07. The number of hydrogen-bond donors (Lipinski definition) is 1. The van der Waals surface area contributed by atoms with Crippen LogP contribution in [-0.4, -0.2) is 21.2 Å². The number of ether oxygens (including phenoxy) is 1. The number of benzene rings is 2. The summed E-state index contributed by atoms with van der Waals surface area (Å²) in [6, 6.07) is 12.1. The van der Waals surface area contributed by atoms with E-state index in [0.29, 0.717) is 0 Å². The van der Waals surface area contributed by atoms with Gasteiger partial charge in [-0.3, -0.25) is 0 Å². The molecule has 0 amide bonds. The summed E-state index contributed by atoms with van der Waals surface area (Å²) in [6.07, 6.45) is 1.10. The van der Waals surface area contributed by atoms with Crippen LogP contribution in [0.15, 0.2) is 58.5 Å². The number of aryl methyl sites for hydroxylation is 1. The van der Waals surface area contributed by atoms with E-state index in [2.05, 4.69) is 9.84 Å². The molecule has 1 N–H and O–H groups in total. The van der Waals surface area contributed by atoms with Gasteiger partial charge in [0.15, 0.2) is 0 Å². The smallest absolute Gasteiger partial charge is 0.387 e. The highest BCUT2D eigenvalue weighted by Gasteiger charge is 2.12. The summed E-state index contributed by atoms with van der Waals surface area (Å²) in [5, 5.41) is 3.59. The molecule has 5 nitrogen and oxygen atoms in total. The maximum atomic E-state index is 12.3. The lowest BCUT2D eigenvalue weighted by Crippen LogP contribution is -2.18. The van der Waals surface area contributed by atoms with Crippen LogP contribution in [0, 0.1) is 6.92 Å². The van der Waals surface area contributed by atoms with Gasteiger partial charge in [0.2, 0.25) is 0 Å². The Bertz CT molecular complexity index is 791. The molecule has 0 saturated carbocycles. The number of hydrogen-bond acceptors (Lipinski definition) is 4. The minimum absolute atomic E-state index is 0.0531. The van der Waals surface area contributed by atoms with Crippen molar-refractivity contribution in [2.75, 3.05) is 0 Å². The lowest BCUT2D eigenvalue weighted by atomic mass is 10.2. The number of rotatable bonds is 6. The van der Waals surface area contributed by atoms with Gasteiger partial charge in [0.1, 0.15) is 5.75 Å². The lowest BCUT2D eigenvalue weighted by molar-refractivity contribution is -0.0499. The van der Waals surface area contributed by atoms with Crippen molar-refractivity contribution in [1.29, 1.82) is 0 Å². The van der Waals surface area contributed by atoms with Crippen molar-refractivity contribution in [3.63, 3.8) is 0 Å². The van der Waals surface area contributed by atoms with E-state index < -0.39 is 16.6 Å². The van der Waals surface area contributed by atoms with Crippen molar-refractivity contribution in [1.82, 2.24) is 4.83 Å². The normalized spacial score (nSPS) is 11.8. The minimum atomic E-state index is -3.82. The summed E-state index contributed by atoms with van der Waals surface area (Å²) in [7, 11) is -3.82. The fraction of sp³-hybridized carbons (Fsp3) is 0.133. The summed E-state index contributed by atoms with van der Waals surface area (Å²) < 4.78 is 52.9. The zero-order chi connectivity index (χ0) is 16.9. The van der Waals surface area contributed by atoms with E-state index in [1.165, 1.54) is 30.3 Å². The Hall–Kier alpha value is -2.48. The minimum Gasteiger partial charge on any atom is -0.434 e. The zero-order valence-electron chi connectivity index (χ0n) is 12.1. The Kier molecular flexibility index (Phi) is 5.28. The molecule has 0 radical (unpaired) electrons. The predicted octanol–water partition coefficient (Wildman–Crippen LogP) is 2.91. The largest absolute Gasteiger partial charge is 0.434 e. The Morgan fingerprint density at radius 2 is 1.78 bits per heavy atom. The van der Waals surface area contributed by atoms with Gasteiger partial charge in [-0.15, -0.1) is 0 Å². The van der Waals surface area contributed by atoms with E-state index >= 15 is 0 Å². The Balaban J connectivity index is 2.14. The predicted molar refractivity (Wildman–Crippen MR) is 82.2 cm³/mol. The maximum Gasteiger partial charge on any atom is 0.387 e. The molecule has 0 aliphatic heterocycles. The highest BCUT2D eigenvalue weighted by Crippen LogP contribution is 2.18. The second-order valence-corrected chi connectivity index (χ2v) is 6.24. The van der Waals surface area contributed by atoms with Gasteiger partial charge in [-0.25, -0.2) is 4.83 Å². The molecule has 0 atom stereocenters. The van der Waals surface area contributed by atoms with Crippen molar-refractivity contribution in [3.8, 4) is 5.75 Å². The standard InChI is InChI=1S/C15H14F2N2O3S/c1-11-6-8-13(9-7-11)23(20,21)19-18-10-12-4-2-3-5-14(12)22-15(16)17/h2-10,15,19H,1H3/b18-10-. The first-order chi connectivity index (χ1) is 10.9. The molecule has 0 spiro atoms. The van der Waals surface area contributed by atoms with Crippen LogP contribution in [0.1, 0.15) is 11.1 Å². The van der Waals surface area contributed by atoms with Crippen molar-refractivity contribution >= 4 is 16.2 Å². The molecule has 122 valence electrons. The number of hydrazone groups is 1. The van der Waals surface area contributed by atoms with Gasteiger partial charge in [-0.05, 0) is 31.2 Å². The second-order valence-electron chi connectivity index (χ2n) is 4.58.